The Labute approximate surface area is 179 Å². The highest BCUT2D eigenvalue weighted by molar-refractivity contribution is 14.1. The van der Waals surface area contributed by atoms with Gasteiger partial charge in [-0.15, -0.1) is 11.3 Å². The molecule has 28 heavy (non-hydrogen) atoms. The van der Waals surface area contributed by atoms with Crippen LogP contribution >= 0.6 is 34.2 Å². The van der Waals surface area contributed by atoms with E-state index in [0.29, 0.717) is 16.0 Å². The number of halogens is 4. The lowest BCUT2D eigenvalue weighted by atomic mass is 10.0. The lowest BCUT2D eigenvalue weighted by Crippen LogP contribution is -2.05. The van der Waals surface area contributed by atoms with Gasteiger partial charge in [0.25, 0.3) is 0 Å². The van der Waals surface area contributed by atoms with Gasteiger partial charge in [0.2, 0.25) is 0 Å². The molecule has 0 radical (unpaired) electrons. The molecule has 0 saturated heterocycles. The van der Waals surface area contributed by atoms with Crippen molar-refractivity contribution >= 4 is 65.7 Å². The van der Waals surface area contributed by atoms with Crippen LogP contribution in [0.15, 0.2) is 60.7 Å². The van der Waals surface area contributed by atoms with Crippen LogP contribution < -0.4 is 3.11 Å². The largest absolute Gasteiger partial charge is 0.417 e. The van der Waals surface area contributed by atoms with Crippen LogP contribution in [0.4, 0.5) is 24.5 Å². The zero-order chi connectivity index (χ0) is 20.1. The molecule has 0 amide bonds. The molecule has 144 valence electrons. The molecular weight excluding hydrogens is 494 g/mol. The third-order valence-corrected chi connectivity index (χ3v) is 7.11. The van der Waals surface area contributed by atoms with E-state index in [1.165, 1.54) is 23.0 Å². The zero-order valence-electron chi connectivity index (χ0n) is 15.2. The van der Waals surface area contributed by atoms with Gasteiger partial charge in [0.1, 0.15) is 0 Å². The molecule has 0 aliphatic heterocycles. The van der Waals surface area contributed by atoms with Crippen LogP contribution in [0.2, 0.25) is 0 Å². The fraction of sp³-hybridized carbons (Fsp3) is 0.182. The summed E-state index contributed by atoms with van der Waals surface area (Å²) in [5.74, 6) is 0.340. The highest BCUT2D eigenvalue weighted by atomic mass is 127. The number of hydrogen-bond donors (Lipinski definition) is 0. The van der Waals surface area contributed by atoms with Crippen molar-refractivity contribution in [3.05, 3.63) is 71.8 Å². The first-order valence-electron chi connectivity index (χ1n) is 8.85. The number of alkyl halides is 3. The van der Waals surface area contributed by atoms with Crippen molar-refractivity contribution in [1.29, 1.82) is 0 Å². The molecule has 4 rings (SSSR count). The van der Waals surface area contributed by atoms with Gasteiger partial charge in [-0.05, 0) is 29.7 Å². The molecule has 4 aromatic rings. The average molecular weight is 511 g/mol. The maximum atomic E-state index is 13.5. The van der Waals surface area contributed by atoms with Crippen LogP contribution in [0, 0.1) is 0 Å². The second-order valence-corrected chi connectivity index (χ2v) is 8.92. The van der Waals surface area contributed by atoms with E-state index < -0.39 is 11.7 Å². The van der Waals surface area contributed by atoms with Crippen LogP contribution in [0.5, 0.6) is 0 Å². The molecule has 3 aromatic carbocycles. The van der Waals surface area contributed by atoms with Crippen molar-refractivity contribution in [2.45, 2.75) is 25.9 Å². The SMILES string of the molecule is CC(C)c1ccccc1N(I)c1cccc2c1sc1c(C(F)(F)F)cccc12. The zero-order valence-corrected chi connectivity index (χ0v) is 18.2. The number of fused-ring (bicyclic) bond motifs is 3. The summed E-state index contributed by atoms with van der Waals surface area (Å²) in [6.45, 7) is 4.28. The third-order valence-electron chi connectivity index (χ3n) is 4.79. The molecule has 0 saturated carbocycles. The van der Waals surface area contributed by atoms with E-state index in [2.05, 4.69) is 52.0 Å². The summed E-state index contributed by atoms with van der Waals surface area (Å²) in [4.78, 5) is 0. The maximum Gasteiger partial charge on any atom is 0.417 e. The van der Waals surface area contributed by atoms with Crippen LogP contribution in [0.25, 0.3) is 20.2 Å². The van der Waals surface area contributed by atoms with Gasteiger partial charge in [0.15, 0.2) is 0 Å². The Bertz CT molecular complexity index is 1160. The standard InChI is InChI=1S/C22H17F3INS/c1-13(2)14-7-3-4-11-18(14)27(26)19-12-6-9-16-15-8-5-10-17(22(23,24)25)20(15)28-21(16)19/h3-13H,1-2H3. The Morgan fingerprint density at radius 1 is 0.821 bits per heavy atom. The van der Waals surface area contributed by atoms with Crippen LogP contribution in [0.3, 0.4) is 0 Å². The number of hydrogen-bond acceptors (Lipinski definition) is 2. The van der Waals surface area contributed by atoms with Crippen molar-refractivity contribution in [1.82, 2.24) is 0 Å². The van der Waals surface area contributed by atoms with E-state index in [0.717, 1.165) is 27.5 Å². The molecule has 1 aromatic heterocycles. The Morgan fingerprint density at radius 2 is 1.43 bits per heavy atom. The number of rotatable bonds is 3. The van der Waals surface area contributed by atoms with E-state index >= 15 is 0 Å². The number of thiophene rings is 1. The number of nitrogens with zero attached hydrogens (tertiary/aromatic N) is 1. The first-order chi connectivity index (χ1) is 13.3. The summed E-state index contributed by atoms with van der Waals surface area (Å²) < 4.78 is 43.7. The molecule has 0 N–H and O–H groups in total. The lowest BCUT2D eigenvalue weighted by Gasteiger charge is -2.22. The fourth-order valence-electron chi connectivity index (χ4n) is 3.47. The van der Waals surface area contributed by atoms with E-state index in [1.807, 2.05) is 30.3 Å². The van der Waals surface area contributed by atoms with Crippen molar-refractivity contribution in [2.24, 2.45) is 0 Å². The predicted molar refractivity (Wildman–Crippen MR) is 121 cm³/mol. The Kier molecular flexibility index (Phi) is 5.03. The molecular formula is C22H17F3INS. The molecule has 0 unspecified atom stereocenters. The molecule has 0 spiro atoms. The monoisotopic (exact) mass is 511 g/mol. The van der Waals surface area contributed by atoms with Gasteiger partial charge in [0.05, 0.1) is 44.5 Å². The van der Waals surface area contributed by atoms with Crippen LogP contribution in [-0.4, -0.2) is 0 Å². The fourth-order valence-corrected chi connectivity index (χ4v) is 5.81. The highest BCUT2D eigenvalue weighted by Crippen LogP contribution is 2.47. The van der Waals surface area contributed by atoms with Gasteiger partial charge in [-0.2, -0.15) is 13.2 Å². The molecule has 0 aliphatic carbocycles. The van der Waals surface area contributed by atoms with Crippen molar-refractivity contribution in [3.8, 4) is 0 Å². The van der Waals surface area contributed by atoms with Gasteiger partial charge < -0.3 is 0 Å². The van der Waals surface area contributed by atoms with Gasteiger partial charge in [-0.25, -0.2) is 0 Å². The van der Waals surface area contributed by atoms with Gasteiger partial charge in [0, 0.05) is 15.5 Å². The number of benzene rings is 3. The molecule has 6 heteroatoms. The van der Waals surface area contributed by atoms with E-state index in [1.54, 1.807) is 6.07 Å². The minimum atomic E-state index is -4.37. The van der Waals surface area contributed by atoms with Gasteiger partial charge in [-0.1, -0.05) is 56.3 Å². The first kappa shape index (κ1) is 19.5. The number of anilines is 2. The molecule has 0 fully saturated rings. The summed E-state index contributed by atoms with van der Waals surface area (Å²) in [5, 5.41) is 1.51. The van der Waals surface area contributed by atoms with Gasteiger partial charge >= 0.3 is 6.18 Å². The molecule has 0 bridgehead atoms. The highest BCUT2D eigenvalue weighted by Gasteiger charge is 2.33. The number of para-hydroxylation sites is 1. The third kappa shape index (κ3) is 3.26. The van der Waals surface area contributed by atoms with E-state index in [4.69, 9.17) is 0 Å². The second kappa shape index (κ2) is 7.22. The Hall–Kier alpha value is -1.80. The summed E-state index contributed by atoms with van der Waals surface area (Å²) in [5.41, 5.74) is 2.59. The summed E-state index contributed by atoms with van der Waals surface area (Å²) in [6.07, 6.45) is -4.37. The second-order valence-electron chi connectivity index (χ2n) is 6.93. The lowest BCUT2D eigenvalue weighted by molar-refractivity contribution is -0.136. The van der Waals surface area contributed by atoms with Gasteiger partial charge in [-0.3, -0.25) is 3.11 Å². The predicted octanol–water partition coefficient (Wildman–Crippen LogP) is 8.68. The topological polar surface area (TPSA) is 3.24 Å². The quantitative estimate of drug-likeness (QED) is 0.197. The summed E-state index contributed by atoms with van der Waals surface area (Å²) in [6, 6.07) is 18.3. The van der Waals surface area contributed by atoms with Crippen LogP contribution in [0.1, 0.15) is 30.9 Å². The normalized spacial score (nSPS) is 12.2. The minimum Gasteiger partial charge on any atom is -0.281 e. The Balaban J connectivity index is 1.97. The average Bonchev–Trinajstić information content (AvgIpc) is 3.05. The molecule has 0 atom stereocenters. The molecule has 1 heterocycles. The van der Waals surface area contributed by atoms with Crippen LogP contribution in [-0.2, 0) is 6.18 Å². The first-order valence-corrected chi connectivity index (χ1v) is 10.6. The minimum absolute atomic E-state index is 0.291. The summed E-state index contributed by atoms with van der Waals surface area (Å²) >= 11 is 3.46. The van der Waals surface area contributed by atoms with Crippen molar-refractivity contribution in [3.63, 3.8) is 0 Å². The maximum absolute atomic E-state index is 13.5. The van der Waals surface area contributed by atoms with E-state index in [-0.39, 0.29) is 0 Å². The molecule has 0 aliphatic rings. The van der Waals surface area contributed by atoms with E-state index in [9.17, 15) is 13.2 Å². The Morgan fingerprint density at radius 3 is 2.11 bits per heavy atom. The van der Waals surface area contributed by atoms with Crippen molar-refractivity contribution < 1.29 is 13.2 Å². The smallest absolute Gasteiger partial charge is 0.281 e. The molecule has 1 nitrogen and oxygen atoms in total. The summed E-state index contributed by atoms with van der Waals surface area (Å²) in [7, 11) is 0. The van der Waals surface area contributed by atoms with Crippen molar-refractivity contribution in [2.75, 3.05) is 3.11 Å².